The van der Waals surface area contributed by atoms with Crippen LogP contribution in [0, 0.1) is 6.92 Å². The average molecular weight is 257 g/mol. The summed E-state index contributed by atoms with van der Waals surface area (Å²) in [5.74, 6) is 0. The van der Waals surface area contributed by atoms with Gasteiger partial charge < -0.3 is 9.47 Å². The van der Waals surface area contributed by atoms with Gasteiger partial charge in [-0.3, -0.25) is 0 Å². The van der Waals surface area contributed by atoms with E-state index in [2.05, 4.69) is 4.72 Å². The van der Waals surface area contributed by atoms with Crippen LogP contribution in [0.25, 0.3) is 0 Å². The Morgan fingerprint density at radius 2 is 1.94 bits per heavy atom. The smallest absolute Gasteiger partial charge is 0.242 e. The second-order valence-corrected chi connectivity index (χ2v) is 5.58. The average Bonchev–Trinajstić information content (AvgIpc) is 2.30. The largest absolute Gasteiger partial charge is 0.375 e. The van der Waals surface area contributed by atoms with E-state index in [0.717, 1.165) is 5.56 Å². The number of sulfonamides is 1. The van der Waals surface area contributed by atoms with E-state index in [1.807, 2.05) is 6.92 Å². The fourth-order valence-electron chi connectivity index (χ4n) is 1.51. The highest BCUT2D eigenvalue weighted by Crippen LogP contribution is 2.11. The lowest BCUT2D eigenvalue weighted by Crippen LogP contribution is -2.43. The molecule has 1 aromatic rings. The Balaban J connectivity index is 2.10. The number of rotatable bonds is 3. The highest BCUT2D eigenvalue weighted by atomic mass is 32.2. The molecule has 0 bridgehead atoms. The molecule has 0 radical (unpaired) electrons. The number of nitrogens with one attached hydrogen (secondary N) is 1. The molecule has 6 heteroatoms. The molecule has 0 unspecified atom stereocenters. The van der Waals surface area contributed by atoms with Gasteiger partial charge in [0.25, 0.3) is 0 Å². The van der Waals surface area contributed by atoms with Gasteiger partial charge in [0.15, 0.2) is 0 Å². The van der Waals surface area contributed by atoms with Crippen LogP contribution in [-0.2, 0) is 19.5 Å². The van der Waals surface area contributed by atoms with E-state index in [-0.39, 0.29) is 11.5 Å². The molecule has 0 spiro atoms. The molecule has 1 fully saturated rings. The minimum atomic E-state index is -3.53. The van der Waals surface area contributed by atoms with E-state index in [4.69, 9.17) is 9.47 Å². The fraction of sp³-hybridized carbons (Fsp3) is 0.455. The summed E-state index contributed by atoms with van der Waals surface area (Å²) in [5.41, 5.74) is 1.01. The Labute approximate surface area is 101 Å². The third-order valence-corrected chi connectivity index (χ3v) is 3.90. The second kappa shape index (κ2) is 5.14. The van der Waals surface area contributed by atoms with Crippen molar-refractivity contribution in [3.63, 3.8) is 0 Å². The van der Waals surface area contributed by atoms with Gasteiger partial charge in [-0.2, -0.15) is 4.72 Å². The van der Waals surface area contributed by atoms with Gasteiger partial charge in [0, 0.05) is 0 Å². The van der Waals surface area contributed by atoms with E-state index in [1.165, 1.54) is 0 Å². The summed E-state index contributed by atoms with van der Waals surface area (Å²) in [6, 6.07) is 6.66. The third kappa shape index (κ3) is 3.26. The quantitative estimate of drug-likeness (QED) is 0.863. The van der Waals surface area contributed by atoms with Crippen molar-refractivity contribution in [3.05, 3.63) is 29.8 Å². The highest BCUT2D eigenvalue weighted by molar-refractivity contribution is 7.89. The van der Waals surface area contributed by atoms with Gasteiger partial charge in [-0.25, -0.2) is 8.42 Å². The molecule has 1 N–H and O–H groups in total. The Bertz CT molecular complexity index is 463. The zero-order valence-corrected chi connectivity index (χ0v) is 10.4. The van der Waals surface area contributed by atoms with Crippen molar-refractivity contribution in [1.82, 2.24) is 4.72 Å². The zero-order valence-electron chi connectivity index (χ0n) is 9.55. The van der Waals surface area contributed by atoms with Gasteiger partial charge in [0.05, 0.1) is 24.7 Å². The van der Waals surface area contributed by atoms with Gasteiger partial charge in [0.2, 0.25) is 10.0 Å². The molecule has 1 saturated heterocycles. The maximum Gasteiger partial charge on any atom is 0.242 e. The number of hydrogen-bond donors (Lipinski definition) is 1. The predicted octanol–water partition coefficient (Wildman–Crippen LogP) is 0.646. The lowest BCUT2D eigenvalue weighted by atomic mass is 10.2. The van der Waals surface area contributed by atoms with E-state index in [0.29, 0.717) is 13.2 Å². The second-order valence-electron chi connectivity index (χ2n) is 3.87. The molecular weight excluding hydrogens is 242 g/mol. The van der Waals surface area contributed by atoms with E-state index >= 15 is 0 Å². The minimum Gasteiger partial charge on any atom is -0.375 e. The van der Waals surface area contributed by atoms with Crippen LogP contribution in [0.1, 0.15) is 5.56 Å². The molecule has 2 rings (SSSR count). The van der Waals surface area contributed by atoms with Gasteiger partial charge in [-0.15, -0.1) is 0 Å². The van der Waals surface area contributed by atoms with Crippen LogP contribution in [0.3, 0.4) is 0 Å². The molecule has 1 heterocycles. The minimum absolute atomic E-state index is 0.234. The fourth-order valence-corrected chi connectivity index (χ4v) is 2.63. The Kier molecular flexibility index (Phi) is 3.78. The first-order valence-corrected chi connectivity index (χ1v) is 6.84. The summed E-state index contributed by atoms with van der Waals surface area (Å²) in [7, 11) is -3.53. The third-order valence-electron chi connectivity index (χ3n) is 2.43. The van der Waals surface area contributed by atoms with Crippen molar-refractivity contribution in [3.8, 4) is 0 Å². The SMILES string of the molecule is Cc1ccc(S(=O)(=O)N[C@H]2COCCO2)cc1. The molecule has 1 aromatic carbocycles. The Morgan fingerprint density at radius 3 is 2.53 bits per heavy atom. The van der Waals surface area contributed by atoms with Crippen LogP contribution in [0.2, 0.25) is 0 Å². The van der Waals surface area contributed by atoms with Crippen LogP contribution in [-0.4, -0.2) is 34.5 Å². The Morgan fingerprint density at radius 1 is 1.24 bits per heavy atom. The number of aryl methyl sites for hydroxylation is 1. The van der Waals surface area contributed by atoms with E-state index < -0.39 is 16.3 Å². The van der Waals surface area contributed by atoms with Crippen LogP contribution in [0.5, 0.6) is 0 Å². The first-order valence-electron chi connectivity index (χ1n) is 5.36. The lowest BCUT2D eigenvalue weighted by Gasteiger charge is -2.23. The summed E-state index contributed by atoms with van der Waals surface area (Å²) in [5, 5.41) is 0. The molecule has 1 aliphatic rings. The summed E-state index contributed by atoms with van der Waals surface area (Å²) >= 11 is 0. The van der Waals surface area contributed by atoms with Gasteiger partial charge in [-0.1, -0.05) is 17.7 Å². The molecule has 5 nitrogen and oxygen atoms in total. The van der Waals surface area contributed by atoms with Crippen LogP contribution in [0.4, 0.5) is 0 Å². The van der Waals surface area contributed by atoms with Crippen molar-refractivity contribution >= 4 is 10.0 Å². The molecule has 0 aliphatic carbocycles. The first-order chi connectivity index (χ1) is 8.08. The topological polar surface area (TPSA) is 64.6 Å². The van der Waals surface area contributed by atoms with Crippen LogP contribution in [0.15, 0.2) is 29.2 Å². The molecule has 0 amide bonds. The molecule has 94 valence electrons. The molecule has 0 aromatic heterocycles. The lowest BCUT2D eigenvalue weighted by molar-refractivity contribution is -0.0921. The standard InChI is InChI=1S/C11H15NO4S/c1-9-2-4-10(5-3-9)17(13,14)12-11-8-15-6-7-16-11/h2-5,11-12H,6-8H2,1H3/t11-/m1/s1. The maximum absolute atomic E-state index is 12.0. The summed E-state index contributed by atoms with van der Waals surface area (Å²) in [4.78, 5) is 0.234. The number of hydrogen-bond acceptors (Lipinski definition) is 4. The molecular formula is C11H15NO4S. The van der Waals surface area contributed by atoms with E-state index in [9.17, 15) is 8.42 Å². The summed E-state index contributed by atoms with van der Waals surface area (Å²) in [6.07, 6.45) is -0.602. The molecule has 17 heavy (non-hydrogen) atoms. The van der Waals surface area contributed by atoms with E-state index in [1.54, 1.807) is 24.3 Å². The van der Waals surface area contributed by atoms with Crippen LogP contribution >= 0.6 is 0 Å². The molecule has 1 atom stereocenters. The molecule has 0 saturated carbocycles. The van der Waals surface area contributed by atoms with Crippen molar-refractivity contribution in [2.75, 3.05) is 19.8 Å². The van der Waals surface area contributed by atoms with Gasteiger partial charge in [-0.05, 0) is 19.1 Å². The normalized spacial score (nSPS) is 21.4. The number of benzene rings is 1. The number of ether oxygens (including phenoxy) is 2. The predicted molar refractivity (Wildman–Crippen MR) is 62.1 cm³/mol. The van der Waals surface area contributed by atoms with Crippen LogP contribution < -0.4 is 4.72 Å². The highest BCUT2D eigenvalue weighted by Gasteiger charge is 2.22. The Hall–Kier alpha value is -0.950. The van der Waals surface area contributed by atoms with Gasteiger partial charge >= 0.3 is 0 Å². The molecule has 1 aliphatic heterocycles. The summed E-state index contributed by atoms with van der Waals surface area (Å²) < 4.78 is 36.8. The van der Waals surface area contributed by atoms with Gasteiger partial charge in [0.1, 0.15) is 6.23 Å². The van der Waals surface area contributed by atoms with Crippen molar-refractivity contribution < 1.29 is 17.9 Å². The maximum atomic E-state index is 12.0. The van der Waals surface area contributed by atoms with Crippen molar-refractivity contribution in [2.45, 2.75) is 18.0 Å². The first kappa shape index (κ1) is 12.5. The van der Waals surface area contributed by atoms with Crippen molar-refractivity contribution in [1.29, 1.82) is 0 Å². The summed E-state index contributed by atoms with van der Waals surface area (Å²) in [6.45, 7) is 3.05. The van der Waals surface area contributed by atoms with Crippen molar-refractivity contribution in [2.24, 2.45) is 0 Å². The monoisotopic (exact) mass is 257 g/mol. The zero-order chi connectivity index (χ0) is 12.3.